The van der Waals surface area contributed by atoms with E-state index in [0.29, 0.717) is 0 Å². The normalized spacial score (nSPS) is 21.4. The van der Waals surface area contributed by atoms with E-state index in [1.807, 2.05) is 13.8 Å². The summed E-state index contributed by atoms with van der Waals surface area (Å²) in [4.78, 5) is 11.9. The second kappa shape index (κ2) is 4.87. The van der Waals surface area contributed by atoms with Gasteiger partial charge in [0.1, 0.15) is 0 Å². The summed E-state index contributed by atoms with van der Waals surface area (Å²) in [7, 11) is 0. The maximum absolute atomic E-state index is 13.1. The summed E-state index contributed by atoms with van der Waals surface area (Å²) in [5, 5.41) is 2.76. The molecule has 0 aliphatic heterocycles. The topological polar surface area (TPSA) is 29.1 Å². The molecule has 0 bridgehead atoms. The third-order valence-corrected chi connectivity index (χ3v) is 3.81. The summed E-state index contributed by atoms with van der Waals surface area (Å²) in [6.45, 7) is 4.08. The molecule has 1 amide bonds. The molecule has 5 heteroatoms. The lowest BCUT2D eigenvalue weighted by Crippen LogP contribution is -2.41. The molecule has 0 spiro atoms. The molecule has 0 heterocycles. The maximum atomic E-state index is 13.1. The van der Waals surface area contributed by atoms with Gasteiger partial charge in [-0.15, -0.1) is 0 Å². The Kier molecular flexibility index (Phi) is 3.56. The highest BCUT2D eigenvalue weighted by Crippen LogP contribution is 2.37. The fourth-order valence-electron chi connectivity index (χ4n) is 2.52. The number of hydrogen-bond acceptors (Lipinski definition) is 1. The van der Waals surface area contributed by atoms with Gasteiger partial charge in [0.05, 0.1) is 0 Å². The van der Waals surface area contributed by atoms with Crippen LogP contribution in [0.2, 0.25) is 0 Å². The number of hydrogen-bond donors (Lipinski definition) is 1. The van der Waals surface area contributed by atoms with E-state index in [1.165, 1.54) is 0 Å². The molecule has 1 aromatic carbocycles. The largest absolute Gasteiger partial charge is 0.349 e. The Labute approximate surface area is 110 Å². The number of nitrogens with one attached hydrogen (secondary N) is 1. The molecule has 1 unspecified atom stereocenters. The van der Waals surface area contributed by atoms with Crippen molar-refractivity contribution in [3.8, 4) is 0 Å². The van der Waals surface area contributed by atoms with Crippen molar-refractivity contribution in [1.82, 2.24) is 5.32 Å². The lowest BCUT2D eigenvalue weighted by atomic mass is 9.87. The molecule has 1 fully saturated rings. The van der Waals surface area contributed by atoms with Crippen LogP contribution in [-0.2, 0) is 0 Å². The van der Waals surface area contributed by atoms with Crippen LogP contribution in [0.15, 0.2) is 12.1 Å². The highest BCUT2D eigenvalue weighted by atomic mass is 19.2. The molecule has 0 radical (unpaired) electrons. The van der Waals surface area contributed by atoms with Gasteiger partial charge in [-0.05, 0) is 30.4 Å². The number of halogens is 3. The monoisotopic (exact) mass is 271 g/mol. The average Bonchev–Trinajstić information content (AvgIpc) is 2.65. The van der Waals surface area contributed by atoms with Crippen LogP contribution in [0.25, 0.3) is 0 Å². The summed E-state index contributed by atoms with van der Waals surface area (Å²) < 4.78 is 39.0. The predicted molar refractivity (Wildman–Crippen MR) is 65.2 cm³/mol. The Balaban J connectivity index is 2.17. The Morgan fingerprint density at radius 2 is 1.84 bits per heavy atom. The van der Waals surface area contributed by atoms with Crippen molar-refractivity contribution >= 4 is 5.91 Å². The summed E-state index contributed by atoms with van der Waals surface area (Å²) in [6.07, 6.45) is 2.83. The first kappa shape index (κ1) is 13.9. The standard InChI is InChI=1S/C14H16F3NO/c1-14(2)5-3-4-11(14)18-13(19)8-6-9(15)12(17)10(16)7-8/h6-7,11H,3-5H2,1-2H3,(H,18,19). The number of benzene rings is 1. The van der Waals surface area contributed by atoms with Gasteiger partial charge in [0.15, 0.2) is 17.5 Å². The Morgan fingerprint density at radius 1 is 1.26 bits per heavy atom. The van der Waals surface area contributed by atoms with E-state index in [4.69, 9.17) is 0 Å². The molecule has 1 atom stereocenters. The smallest absolute Gasteiger partial charge is 0.251 e. The highest BCUT2D eigenvalue weighted by Gasteiger charge is 2.35. The van der Waals surface area contributed by atoms with Crippen molar-refractivity contribution in [3.63, 3.8) is 0 Å². The van der Waals surface area contributed by atoms with E-state index in [2.05, 4.69) is 5.32 Å². The third kappa shape index (κ3) is 2.74. The van der Waals surface area contributed by atoms with Crippen LogP contribution in [0.1, 0.15) is 43.5 Å². The van der Waals surface area contributed by atoms with Crippen LogP contribution in [0.3, 0.4) is 0 Å². The zero-order valence-corrected chi connectivity index (χ0v) is 10.9. The fourth-order valence-corrected chi connectivity index (χ4v) is 2.52. The van der Waals surface area contributed by atoms with Gasteiger partial charge in [0, 0.05) is 11.6 Å². The first-order chi connectivity index (χ1) is 8.81. The van der Waals surface area contributed by atoms with E-state index in [-0.39, 0.29) is 17.0 Å². The van der Waals surface area contributed by atoms with Crippen LogP contribution in [0.5, 0.6) is 0 Å². The molecule has 1 aliphatic rings. The summed E-state index contributed by atoms with van der Waals surface area (Å²) in [5.41, 5.74) is -0.230. The van der Waals surface area contributed by atoms with Crippen molar-refractivity contribution in [1.29, 1.82) is 0 Å². The van der Waals surface area contributed by atoms with E-state index in [0.717, 1.165) is 31.4 Å². The fraction of sp³-hybridized carbons (Fsp3) is 0.500. The van der Waals surface area contributed by atoms with Gasteiger partial charge in [0.2, 0.25) is 0 Å². The second-order valence-electron chi connectivity index (χ2n) is 5.66. The quantitative estimate of drug-likeness (QED) is 0.820. The van der Waals surface area contributed by atoms with Crippen LogP contribution >= 0.6 is 0 Å². The number of amides is 1. The van der Waals surface area contributed by atoms with Gasteiger partial charge in [-0.2, -0.15) is 0 Å². The van der Waals surface area contributed by atoms with Crippen LogP contribution in [0.4, 0.5) is 13.2 Å². The molecule has 1 aliphatic carbocycles. The molecule has 0 saturated heterocycles. The highest BCUT2D eigenvalue weighted by molar-refractivity contribution is 5.94. The van der Waals surface area contributed by atoms with Crippen LogP contribution < -0.4 is 5.32 Å². The van der Waals surface area contributed by atoms with Crippen LogP contribution in [-0.4, -0.2) is 11.9 Å². The third-order valence-electron chi connectivity index (χ3n) is 3.81. The van der Waals surface area contributed by atoms with Crippen molar-refractivity contribution in [2.24, 2.45) is 5.41 Å². The Morgan fingerprint density at radius 3 is 2.32 bits per heavy atom. The van der Waals surface area contributed by atoms with Gasteiger partial charge in [0.25, 0.3) is 5.91 Å². The first-order valence-electron chi connectivity index (χ1n) is 6.26. The molecule has 1 aromatic rings. The minimum Gasteiger partial charge on any atom is -0.349 e. The van der Waals surface area contributed by atoms with Crippen molar-refractivity contribution in [2.45, 2.75) is 39.2 Å². The number of rotatable bonds is 2. The first-order valence-corrected chi connectivity index (χ1v) is 6.26. The molecular formula is C14H16F3NO. The van der Waals surface area contributed by atoms with Gasteiger partial charge < -0.3 is 5.32 Å². The lowest BCUT2D eigenvalue weighted by Gasteiger charge is -2.27. The number of carbonyl (C=O) groups is 1. The van der Waals surface area contributed by atoms with Crippen molar-refractivity contribution in [3.05, 3.63) is 35.1 Å². The van der Waals surface area contributed by atoms with Crippen molar-refractivity contribution in [2.75, 3.05) is 0 Å². The molecular weight excluding hydrogens is 255 g/mol. The molecule has 0 aromatic heterocycles. The number of carbonyl (C=O) groups excluding carboxylic acids is 1. The van der Waals surface area contributed by atoms with Gasteiger partial charge >= 0.3 is 0 Å². The van der Waals surface area contributed by atoms with Gasteiger partial charge in [-0.25, -0.2) is 13.2 Å². The second-order valence-corrected chi connectivity index (χ2v) is 5.66. The molecule has 104 valence electrons. The maximum Gasteiger partial charge on any atom is 0.251 e. The van der Waals surface area contributed by atoms with Gasteiger partial charge in [-0.3, -0.25) is 4.79 Å². The molecule has 1 saturated carbocycles. The molecule has 2 nitrogen and oxygen atoms in total. The summed E-state index contributed by atoms with van der Waals surface area (Å²) >= 11 is 0. The SMILES string of the molecule is CC1(C)CCCC1NC(=O)c1cc(F)c(F)c(F)c1. The Bertz CT molecular complexity index is 490. The van der Waals surface area contributed by atoms with Gasteiger partial charge in [-0.1, -0.05) is 20.3 Å². The molecule has 2 rings (SSSR count). The van der Waals surface area contributed by atoms with E-state index in [1.54, 1.807) is 0 Å². The minimum atomic E-state index is -1.56. The molecule has 1 N–H and O–H groups in total. The van der Waals surface area contributed by atoms with E-state index >= 15 is 0 Å². The van der Waals surface area contributed by atoms with Crippen LogP contribution in [0, 0.1) is 22.9 Å². The minimum absolute atomic E-state index is 0.0313. The van der Waals surface area contributed by atoms with Crippen molar-refractivity contribution < 1.29 is 18.0 Å². The lowest BCUT2D eigenvalue weighted by molar-refractivity contribution is 0.0909. The predicted octanol–water partition coefficient (Wildman–Crippen LogP) is 3.41. The molecule has 19 heavy (non-hydrogen) atoms. The zero-order valence-electron chi connectivity index (χ0n) is 10.9. The zero-order chi connectivity index (χ0) is 14.2. The average molecular weight is 271 g/mol. The van der Waals surface area contributed by atoms with E-state index in [9.17, 15) is 18.0 Å². The summed E-state index contributed by atoms with van der Waals surface area (Å²) in [6, 6.07) is 1.40. The summed E-state index contributed by atoms with van der Waals surface area (Å²) in [5.74, 6) is -4.83. The Hall–Kier alpha value is -1.52. The van der Waals surface area contributed by atoms with E-state index < -0.39 is 23.4 Å².